The van der Waals surface area contributed by atoms with E-state index in [2.05, 4.69) is 5.32 Å². The Morgan fingerprint density at radius 3 is 2.35 bits per heavy atom. The number of hydrogen-bond acceptors (Lipinski definition) is 1. The first kappa shape index (κ1) is 14.6. The van der Waals surface area contributed by atoms with Gasteiger partial charge in [0.2, 0.25) is 0 Å². The van der Waals surface area contributed by atoms with Gasteiger partial charge < -0.3 is 5.32 Å². The predicted octanol–water partition coefficient (Wildman–Crippen LogP) is 4.56. The van der Waals surface area contributed by atoms with Crippen LogP contribution in [-0.2, 0) is 12.7 Å². The van der Waals surface area contributed by atoms with Gasteiger partial charge in [-0.1, -0.05) is 48.5 Å². The van der Waals surface area contributed by atoms with E-state index in [0.29, 0.717) is 12.1 Å². The fraction of sp³-hybridized carbons (Fsp3) is 0.250. The zero-order valence-corrected chi connectivity index (χ0v) is 11.1. The molecule has 20 heavy (non-hydrogen) atoms. The third-order valence-electron chi connectivity index (χ3n) is 3.17. The minimum absolute atomic E-state index is 0.0887. The zero-order valence-electron chi connectivity index (χ0n) is 11.1. The molecule has 0 saturated heterocycles. The molecule has 2 aromatic carbocycles. The van der Waals surface area contributed by atoms with Gasteiger partial charge in [-0.25, -0.2) is 0 Å². The molecular weight excluding hydrogens is 263 g/mol. The third-order valence-corrected chi connectivity index (χ3v) is 3.17. The van der Waals surface area contributed by atoms with Crippen molar-refractivity contribution in [2.45, 2.75) is 25.7 Å². The maximum Gasteiger partial charge on any atom is 0.416 e. The molecule has 0 radical (unpaired) electrons. The van der Waals surface area contributed by atoms with Crippen LogP contribution < -0.4 is 5.32 Å². The summed E-state index contributed by atoms with van der Waals surface area (Å²) in [6.45, 7) is 2.39. The standard InChI is InChI=1S/C16H16F3N/c1-12(14-7-3-2-4-8-14)20-11-13-6-5-9-15(10-13)16(17,18)19/h2-10,12,20H,11H2,1H3/t12-/m1/s1. The maximum absolute atomic E-state index is 12.6. The Labute approximate surface area is 116 Å². The Morgan fingerprint density at radius 1 is 1.00 bits per heavy atom. The quantitative estimate of drug-likeness (QED) is 0.865. The van der Waals surface area contributed by atoms with Crippen LogP contribution in [0.5, 0.6) is 0 Å². The Morgan fingerprint density at radius 2 is 1.70 bits per heavy atom. The highest BCUT2D eigenvalue weighted by Crippen LogP contribution is 2.29. The molecule has 4 heteroatoms. The second-order valence-electron chi connectivity index (χ2n) is 4.71. The van der Waals surface area contributed by atoms with Crippen LogP contribution in [0.1, 0.15) is 29.7 Å². The number of nitrogens with one attached hydrogen (secondary N) is 1. The van der Waals surface area contributed by atoms with E-state index in [1.165, 1.54) is 12.1 Å². The summed E-state index contributed by atoms with van der Waals surface area (Å²) in [5.74, 6) is 0. The van der Waals surface area contributed by atoms with Crippen molar-refractivity contribution in [3.8, 4) is 0 Å². The van der Waals surface area contributed by atoms with E-state index in [1.807, 2.05) is 37.3 Å². The van der Waals surface area contributed by atoms with Gasteiger partial charge in [-0.3, -0.25) is 0 Å². The fourth-order valence-electron chi connectivity index (χ4n) is 1.99. The van der Waals surface area contributed by atoms with E-state index in [4.69, 9.17) is 0 Å². The van der Waals surface area contributed by atoms with Crippen LogP contribution in [0.3, 0.4) is 0 Å². The van der Waals surface area contributed by atoms with E-state index >= 15 is 0 Å². The second kappa shape index (κ2) is 6.09. The van der Waals surface area contributed by atoms with E-state index < -0.39 is 11.7 Å². The Kier molecular flexibility index (Phi) is 4.45. The lowest BCUT2D eigenvalue weighted by atomic mass is 10.1. The third kappa shape index (κ3) is 3.84. The van der Waals surface area contributed by atoms with E-state index in [9.17, 15) is 13.2 Å². The van der Waals surface area contributed by atoms with Crippen LogP contribution in [0, 0.1) is 0 Å². The minimum atomic E-state index is -4.29. The molecule has 0 aromatic heterocycles. The molecule has 2 aromatic rings. The summed E-state index contributed by atoms with van der Waals surface area (Å²) in [4.78, 5) is 0. The van der Waals surface area contributed by atoms with Crippen molar-refractivity contribution in [2.75, 3.05) is 0 Å². The number of benzene rings is 2. The average molecular weight is 279 g/mol. The van der Waals surface area contributed by atoms with Gasteiger partial charge in [0, 0.05) is 12.6 Å². The zero-order chi connectivity index (χ0) is 14.6. The SMILES string of the molecule is C[C@@H](NCc1cccc(C(F)(F)F)c1)c1ccccc1. The first-order chi connectivity index (χ1) is 9.47. The Hall–Kier alpha value is -1.81. The van der Waals surface area contributed by atoms with Crippen LogP contribution in [0.25, 0.3) is 0 Å². The molecule has 0 bridgehead atoms. The number of alkyl halides is 3. The highest BCUT2D eigenvalue weighted by Gasteiger charge is 2.30. The van der Waals surface area contributed by atoms with Gasteiger partial charge in [0.15, 0.2) is 0 Å². The van der Waals surface area contributed by atoms with Crippen LogP contribution in [0.4, 0.5) is 13.2 Å². The monoisotopic (exact) mass is 279 g/mol. The average Bonchev–Trinajstić information content (AvgIpc) is 2.45. The smallest absolute Gasteiger partial charge is 0.306 e. The largest absolute Gasteiger partial charge is 0.416 e. The first-order valence-corrected chi connectivity index (χ1v) is 6.41. The molecule has 0 aliphatic carbocycles. The Bertz CT molecular complexity index is 549. The summed E-state index contributed by atoms with van der Waals surface area (Å²) in [5, 5.41) is 3.23. The maximum atomic E-state index is 12.6. The summed E-state index contributed by atoms with van der Waals surface area (Å²) in [6, 6.07) is 15.3. The molecule has 0 heterocycles. The highest BCUT2D eigenvalue weighted by atomic mass is 19.4. The lowest BCUT2D eigenvalue weighted by Gasteiger charge is -2.15. The van der Waals surface area contributed by atoms with Crippen molar-refractivity contribution in [1.82, 2.24) is 5.32 Å². The van der Waals surface area contributed by atoms with Gasteiger partial charge in [0.25, 0.3) is 0 Å². The number of hydrogen-bond donors (Lipinski definition) is 1. The van der Waals surface area contributed by atoms with Crippen molar-refractivity contribution in [3.63, 3.8) is 0 Å². The van der Waals surface area contributed by atoms with Gasteiger partial charge in [0.05, 0.1) is 5.56 Å². The molecular formula is C16H16F3N. The molecule has 0 saturated carbocycles. The molecule has 1 N–H and O–H groups in total. The van der Waals surface area contributed by atoms with Crippen LogP contribution in [0.2, 0.25) is 0 Å². The topological polar surface area (TPSA) is 12.0 Å². The summed E-state index contributed by atoms with van der Waals surface area (Å²) < 4.78 is 37.8. The molecule has 0 amide bonds. The van der Waals surface area contributed by atoms with Crippen molar-refractivity contribution >= 4 is 0 Å². The van der Waals surface area contributed by atoms with E-state index in [1.54, 1.807) is 6.07 Å². The van der Waals surface area contributed by atoms with Crippen molar-refractivity contribution in [3.05, 3.63) is 71.3 Å². The van der Waals surface area contributed by atoms with E-state index in [-0.39, 0.29) is 6.04 Å². The fourth-order valence-corrected chi connectivity index (χ4v) is 1.99. The molecule has 106 valence electrons. The molecule has 0 fully saturated rings. The lowest BCUT2D eigenvalue weighted by molar-refractivity contribution is -0.137. The van der Waals surface area contributed by atoms with Gasteiger partial charge in [-0.2, -0.15) is 13.2 Å². The normalized spacial score (nSPS) is 13.2. The molecule has 0 unspecified atom stereocenters. The Balaban J connectivity index is 2.01. The van der Waals surface area contributed by atoms with Gasteiger partial charge in [-0.05, 0) is 24.1 Å². The van der Waals surface area contributed by atoms with Gasteiger partial charge in [-0.15, -0.1) is 0 Å². The van der Waals surface area contributed by atoms with Gasteiger partial charge >= 0.3 is 6.18 Å². The molecule has 0 spiro atoms. The molecule has 1 nitrogen and oxygen atoms in total. The molecule has 1 atom stereocenters. The summed E-state index contributed by atoms with van der Waals surface area (Å²) in [5.41, 5.74) is 1.13. The lowest BCUT2D eigenvalue weighted by Crippen LogP contribution is -2.18. The van der Waals surface area contributed by atoms with E-state index in [0.717, 1.165) is 11.6 Å². The van der Waals surface area contributed by atoms with Crippen molar-refractivity contribution in [1.29, 1.82) is 0 Å². The highest BCUT2D eigenvalue weighted by molar-refractivity contribution is 5.26. The number of halogens is 3. The summed E-state index contributed by atoms with van der Waals surface area (Å²) >= 11 is 0. The molecule has 0 aliphatic rings. The summed E-state index contributed by atoms with van der Waals surface area (Å²) in [6.07, 6.45) is -4.29. The minimum Gasteiger partial charge on any atom is -0.306 e. The molecule has 0 aliphatic heterocycles. The van der Waals surface area contributed by atoms with Crippen LogP contribution >= 0.6 is 0 Å². The number of rotatable bonds is 4. The van der Waals surface area contributed by atoms with Crippen molar-refractivity contribution < 1.29 is 13.2 Å². The van der Waals surface area contributed by atoms with Crippen molar-refractivity contribution in [2.24, 2.45) is 0 Å². The predicted molar refractivity (Wildman–Crippen MR) is 73.1 cm³/mol. The van der Waals surface area contributed by atoms with Crippen LogP contribution in [-0.4, -0.2) is 0 Å². The summed E-state index contributed by atoms with van der Waals surface area (Å²) in [7, 11) is 0. The first-order valence-electron chi connectivity index (χ1n) is 6.41. The van der Waals surface area contributed by atoms with Crippen LogP contribution in [0.15, 0.2) is 54.6 Å². The second-order valence-corrected chi connectivity index (χ2v) is 4.71. The molecule has 2 rings (SSSR count). The van der Waals surface area contributed by atoms with Gasteiger partial charge in [0.1, 0.15) is 0 Å².